The Morgan fingerprint density at radius 3 is 2.47 bits per heavy atom. The van der Waals surface area contributed by atoms with Crippen LogP contribution in [-0.2, 0) is 14.3 Å². The molecule has 2 fully saturated rings. The van der Waals surface area contributed by atoms with Gasteiger partial charge in [-0.1, -0.05) is 24.3 Å². The Morgan fingerprint density at radius 2 is 1.78 bits per heavy atom. The third-order valence-corrected chi connectivity index (χ3v) is 9.33. The lowest BCUT2D eigenvalue weighted by atomic mass is 9.76. The van der Waals surface area contributed by atoms with Crippen LogP contribution in [0, 0.1) is 12.3 Å². The summed E-state index contributed by atoms with van der Waals surface area (Å²) in [5.41, 5.74) is 7.35. The van der Waals surface area contributed by atoms with Gasteiger partial charge in [-0.25, -0.2) is 9.48 Å². The molecule has 0 saturated carbocycles. The Morgan fingerprint density at radius 1 is 1.04 bits per heavy atom. The largest absolute Gasteiger partial charge is 0.465 e. The molecule has 0 radical (unpaired) electrons. The number of hydrogen-bond acceptors (Lipinski definition) is 11. The summed E-state index contributed by atoms with van der Waals surface area (Å²) in [5.74, 6) is -1.12. The maximum absolute atomic E-state index is 15.1. The number of nitrogens with one attached hydrogen (secondary N) is 1. The van der Waals surface area contributed by atoms with Crippen LogP contribution < -0.4 is 20.7 Å². The van der Waals surface area contributed by atoms with E-state index in [9.17, 15) is 9.59 Å². The Balaban J connectivity index is 1.32. The normalized spacial score (nSPS) is 17.7. The minimum Gasteiger partial charge on any atom is -0.465 e. The number of piperidine rings is 1. The van der Waals surface area contributed by atoms with Crippen molar-refractivity contribution in [3.63, 3.8) is 0 Å². The number of carbonyl (C=O) groups excluding carboxylic acids is 2. The third-order valence-electron chi connectivity index (χ3n) is 9.33. The first-order valence-electron chi connectivity index (χ1n) is 16.9. The molecular formula is C36H40F3N7O5. The van der Waals surface area contributed by atoms with Crippen molar-refractivity contribution in [2.24, 2.45) is 5.41 Å². The van der Waals surface area contributed by atoms with Crippen LogP contribution in [0.2, 0.25) is 0 Å². The molecule has 2 aromatic carbocycles. The second-order valence-corrected chi connectivity index (χ2v) is 12.8. The second kappa shape index (κ2) is 14.6. The van der Waals surface area contributed by atoms with Crippen LogP contribution in [0.5, 0.6) is 5.88 Å². The molecule has 2 aliphatic heterocycles. The minimum absolute atomic E-state index is 0.106. The smallest absolute Gasteiger partial charge is 0.429 e. The van der Waals surface area contributed by atoms with Gasteiger partial charge in [0.15, 0.2) is 0 Å². The van der Waals surface area contributed by atoms with Gasteiger partial charge in [0.05, 0.1) is 30.2 Å². The van der Waals surface area contributed by atoms with E-state index in [1.54, 1.807) is 63.4 Å². The number of nitrogens with two attached hydrogens (primary N) is 1. The van der Waals surface area contributed by atoms with Gasteiger partial charge in [-0.3, -0.25) is 4.79 Å². The van der Waals surface area contributed by atoms with Crippen molar-refractivity contribution in [3.05, 3.63) is 77.6 Å². The van der Waals surface area contributed by atoms with Gasteiger partial charge in [0.2, 0.25) is 17.9 Å². The van der Waals surface area contributed by atoms with Crippen molar-refractivity contribution in [1.29, 1.82) is 0 Å². The molecule has 270 valence electrons. The quantitative estimate of drug-likeness (QED) is 0.199. The number of benzene rings is 2. The molecule has 2 saturated heterocycles. The summed E-state index contributed by atoms with van der Waals surface area (Å²) in [5, 5.41) is 7.64. The van der Waals surface area contributed by atoms with Crippen molar-refractivity contribution in [2.45, 2.75) is 58.4 Å². The first-order chi connectivity index (χ1) is 24.4. The summed E-state index contributed by atoms with van der Waals surface area (Å²) >= 11 is 0. The average molecular weight is 708 g/mol. The van der Waals surface area contributed by atoms with Crippen molar-refractivity contribution < 1.29 is 37.0 Å². The lowest BCUT2D eigenvalue weighted by Gasteiger charge is -2.39. The molecule has 51 heavy (non-hydrogen) atoms. The number of alkyl halides is 3. The van der Waals surface area contributed by atoms with E-state index >= 15 is 13.2 Å². The van der Waals surface area contributed by atoms with Crippen molar-refractivity contribution in [3.8, 4) is 22.7 Å². The van der Waals surface area contributed by atoms with Crippen LogP contribution in [0.15, 0.2) is 60.8 Å². The Labute approximate surface area is 293 Å². The highest BCUT2D eigenvalue weighted by Crippen LogP contribution is 2.43. The van der Waals surface area contributed by atoms with E-state index in [2.05, 4.69) is 20.4 Å². The van der Waals surface area contributed by atoms with Gasteiger partial charge >= 0.3 is 18.1 Å². The topological polar surface area (TPSA) is 147 Å². The number of carbonyl (C=O) groups is 2. The fraction of sp³-hybridized carbons (Fsp3) is 0.417. The molecule has 2 aromatic heterocycles. The SMILES string of the molecule is CCOC(=O)c1ccccc1-c1ccc(-n2ccc(C)n2)c([C@@H](Oc2cc(N3CCC4(CC3)CN[C@H](C(=O)OCC)C4)nc(N)n2)C(F)(F)F)c1. The number of halogens is 3. The zero-order valence-corrected chi connectivity index (χ0v) is 28.6. The fourth-order valence-electron chi connectivity index (χ4n) is 6.81. The van der Waals surface area contributed by atoms with Crippen LogP contribution in [-0.4, -0.2) is 76.8 Å². The summed E-state index contributed by atoms with van der Waals surface area (Å²) in [7, 11) is 0. The third kappa shape index (κ3) is 7.77. The average Bonchev–Trinajstić information content (AvgIpc) is 3.73. The molecule has 0 bridgehead atoms. The van der Waals surface area contributed by atoms with Crippen LogP contribution in [0.4, 0.5) is 24.9 Å². The Hall–Kier alpha value is -5.18. The molecule has 4 heterocycles. The first-order valence-corrected chi connectivity index (χ1v) is 16.9. The summed E-state index contributed by atoms with van der Waals surface area (Å²) in [6, 6.07) is 13.7. The van der Waals surface area contributed by atoms with Gasteiger partial charge in [0, 0.05) is 37.5 Å². The lowest BCUT2D eigenvalue weighted by Crippen LogP contribution is -2.41. The number of hydrogen-bond donors (Lipinski definition) is 2. The van der Waals surface area contributed by atoms with E-state index in [4.69, 9.17) is 19.9 Å². The Bertz CT molecular complexity index is 1890. The summed E-state index contributed by atoms with van der Waals surface area (Å²) < 4.78 is 62.9. The molecule has 3 N–H and O–H groups in total. The van der Waals surface area contributed by atoms with E-state index in [1.165, 1.54) is 22.9 Å². The molecule has 2 atom stereocenters. The molecule has 6 rings (SSSR count). The number of esters is 2. The number of nitrogen functional groups attached to an aromatic ring is 1. The molecule has 0 amide bonds. The molecule has 15 heteroatoms. The first kappa shape index (κ1) is 35.6. The fourth-order valence-corrected chi connectivity index (χ4v) is 6.81. The number of aromatic nitrogens is 4. The van der Waals surface area contributed by atoms with Crippen LogP contribution in [0.25, 0.3) is 16.8 Å². The standard InChI is InChI=1S/C36H40F3N7O5/c1-4-49-32(47)25-9-7-6-8-24(25)23-10-11-28(46-15-12-22(3)44-46)26(18-23)31(36(37,38)39)51-30-19-29(42-34(40)43-30)45-16-13-35(14-17-45)20-27(41-21-35)33(48)50-5-2/h6-12,15,18-19,27,31,41H,4-5,13-14,16-17,20-21H2,1-3H3,(H2,40,42,43)/t27-,31+/m0/s1. The number of ether oxygens (including phenoxy) is 3. The predicted molar refractivity (Wildman–Crippen MR) is 182 cm³/mol. The van der Waals surface area contributed by atoms with E-state index in [0.717, 1.165) is 12.8 Å². The van der Waals surface area contributed by atoms with Crippen LogP contribution in [0.1, 0.15) is 60.8 Å². The zero-order chi connectivity index (χ0) is 36.3. The van der Waals surface area contributed by atoms with Crippen molar-refractivity contribution in [1.82, 2.24) is 25.1 Å². The highest BCUT2D eigenvalue weighted by atomic mass is 19.4. The number of rotatable bonds is 10. The van der Waals surface area contributed by atoms with E-state index in [0.29, 0.717) is 55.3 Å². The van der Waals surface area contributed by atoms with E-state index in [-0.39, 0.29) is 52.7 Å². The lowest BCUT2D eigenvalue weighted by molar-refractivity contribution is -0.198. The van der Waals surface area contributed by atoms with Crippen molar-refractivity contribution in [2.75, 3.05) is 43.5 Å². The molecule has 12 nitrogen and oxygen atoms in total. The molecule has 0 aliphatic carbocycles. The maximum atomic E-state index is 15.1. The number of nitrogens with zero attached hydrogens (tertiary/aromatic N) is 5. The van der Waals surface area contributed by atoms with Crippen LogP contribution in [0.3, 0.4) is 0 Å². The Kier molecular flexibility index (Phi) is 10.2. The zero-order valence-electron chi connectivity index (χ0n) is 28.6. The number of anilines is 2. The van der Waals surface area contributed by atoms with E-state index in [1.807, 2.05) is 4.90 Å². The predicted octanol–water partition coefficient (Wildman–Crippen LogP) is 5.59. The van der Waals surface area contributed by atoms with Gasteiger partial charge in [0.1, 0.15) is 11.9 Å². The van der Waals surface area contributed by atoms with Gasteiger partial charge in [0.25, 0.3) is 0 Å². The van der Waals surface area contributed by atoms with Gasteiger partial charge in [-0.2, -0.15) is 28.2 Å². The summed E-state index contributed by atoms with van der Waals surface area (Å²) in [6.45, 7) is 7.37. The molecule has 1 spiro atoms. The monoisotopic (exact) mass is 707 g/mol. The summed E-state index contributed by atoms with van der Waals surface area (Å²) in [6.07, 6.45) is -3.76. The van der Waals surface area contributed by atoms with Crippen molar-refractivity contribution >= 4 is 23.7 Å². The number of aryl methyl sites for hydroxylation is 1. The molecule has 0 unspecified atom stereocenters. The van der Waals surface area contributed by atoms with Gasteiger partial charge in [-0.05, 0) is 80.8 Å². The minimum atomic E-state index is -4.92. The van der Waals surface area contributed by atoms with Gasteiger partial charge < -0.3 is 30.2 Å². The molecule has 4 aromatic rings. The second-order valence-electron chi connectivity index (χ2n) is 12.8. The van der Waals surface area contributed by atoms with E-state index < -0.39 is 18.2 Å². The molecule has 2 aliphatic rings. The highest BCUT2D eigenvalue weighted by Gasteiger charge is 2.46. The maximum Gasteiger partial charge on any atom is 0.429 e. The molecular weight excluding hydrogens is 667 g/mol. The highest BCUT2D eigenvalue weighted by molar-refractivity contribution is 5.97. The van der Waals surface area contributed by atoms with Gasteiger partial charge in [-0.15, -0.1) is 0 Å². The summed E-state index contributed by atoms with van der Waals surface area (Å²) in [4.78, 5) is 35.4. The van der Waals surface area contributed by atoms with Crippen LogP contribution >= 0.6 is 0 Å².